The lowest BCUT2D eigenvalue weighted by Crippen LogP contribution is -2.36. The molecule has 0 heterocycles. The van der Waals surface area contributed by atoms with E-state index in [1.165, 1.54) is 24.3 Å². The second-order valence-corrected chi connectivity index (χ2v) is 3.32. The summed E-state index contributed by atoms with van der Waals surface area (Å²) < 4.78 is 37.4. The molecule has 0 aliphatic rings. The van der Waals surface area contributed by atoms with Crippen LogP contribution in [-0.4, -0.2) is 17.7 Å². The van der Waals surface area contributed by atoms with Crippen molar-refractivity contribution in [3.05, 3.63) is 35.9 Å². The summed E-state index contributed by atoms with van der Waals surface area (Å²) in [6, 6.07) is 6.97. The van der Waals surface area contributed by atoms with Crippen molar-refractivity contribution in [3.8, 4) is 0 Å². The van der Waals surface area contributed by atoms with E-state index >= 15 is 0 Å². The van der Waals surface area contributed by atoms with Crippen molar-refractivity contribution >= 4 is 11.6 Å². The second-order valence-electron chi connectivity index (χ2n) is 3.32. The molecule has 1 aromatic carbocycles. The van der Waals surface area contributed by atoms with Crippen LogP contribution in [0.4, 0.5) is 13.2 Å². The van der Waals surface area contributed by atoms with Crippen molar-refractivity contribution in [3.63, 3.8) is 0 Å². The van der Waals surface area contributed by atoms with Gasteiger partial charge in [-0.2, -0.15) is 13.2 Å². The molecule has 16 heavy (non-hydrogen) atoms. The van der Waals surface area contributed by atoms with Crippen molar-refractivity contribution in [1.82, 2.24) is 0 Å². The van der Waals surface area contributed by atoms with Crippen LogP contribution in [0.15, 0.2) is 30.3 Å². The lowest BCUT2D eigenvalue weighted by atomic mass is 9.94. The number of alkyl halides is 3. The van der Waals surface area contributed by atoms with E-state index in [9.17, 15) is 22.8 Å². The largest absolute Gasteiger partial charge is 0.405 e. The summed E-state index contributed by atoms with van der Waals surface area (Å²) in [4.78, 5) is 22.4. The lowest BCUT2D eigenvalue weighted by molar-refractivity contribution is -0.169. The predicted octanol–water partition coefficient (Wildman–Crippen LogP) is 2.64. The van der Waals surface area contributed by atoms with Crippen LogP contribution < -0.4 is 0 Å². The molecule has 0 radical (unpaired) electrons. The van der Waals surface area contributed by atoms with Gasteiger partial charge >= 0.3 is 6.18 Å². The highest BCUT2D eigenvalue weighted by Crippen LogP contribution is 2.29. The zero-order valence-electron chi connectivity index (χ0n) is 8.41. The number of hydrogen-bond acceptors (Lipinski definition) is 2. The minimum Gasteiger partial charge on any atom is -0.299 e. The maximum Gasteiger partial charge on any atom is 0.405 e. The summed E-state index contributed by atoms with van der Waals surface area (Å²) in [7, 11) is 0. The molecule has 2 nitrogen and oxygen atoms in total. The van der Waals surface area contributed by atoms with Crippen molar-refractivity contribution in [1.29, 1.82) is 0 Å². The number of carbonyl (C=O) groups is 2. The molecule has 86 valence electrons. The van der Waals surface area contributed by atoms with E-state index in [-0.39, 0.29) is 5.56 Å². The molecule has 1 atom stereocenters. The van der Waals surface area contributed by atoms with Gasteiger partial charge in [0.1, 0.15) is 5.78 Å². The Morgan fingerprint density at radius 3 is 2.00 bits per heavy atom. The fourth-order valence-corrected chi connectivity index (χ4v) is 1.33. The van der Waals surface area contributed by atoms with Crippen molar-refractivity contribution in [2.75, 3.05) is 0 Å². The van der Waals surface area contributed by atoms with Crippen LogP contribution >= 0.6 is 0 Å². The Morgan fingerprint density at radius 1 is 1.12 bits per heavy atom. The van der Waals surface area contributed by atoms with Crippen molar-refractivity contribution in [2.24, 2.45) is 5.92 Å². The normalized spacial score (nSPS) is 13.2. The number of rotatable bonds is 3. The maximum atomic E-state index is 12.5. The van der Waals surface area contributed by atoms with Crippen molar-refractivity contribution in [2.45, 2.75) is 13.1 Å². The Labute approximate surface area is 90.1 Å². The molecule has 0 N–H and O–H groups in total. The fraction of sp³-hybridized carbons (Fsp3) is 0.273. The van der Waals surface area contributed by atoms with Crippen LogP contribution in [0.3, 0.4) is 0 Å². The Bertz CT molecular complexity index is 395. The number of carbonyl (C=O) groups excluding carboxylic acids is 2. The van der Waals surface area contributed by atoms with Crippen LogP contribution in [0.2, 0.25) is 0 Å². The Balaban J connectivity index is 3.07. The topological polar surface area (TPSA) is 34.1 Å². The van der Waals surface area contributed by atoms with Gasteiger partial charge in [0.2, 0.25) is 0 Å². The molecule has 0 amide bonds. The quantitative estimate of drug-likeness (QED) is 0.590. The third-order valence-electron chi connectivity index (χ3n) is 2.05. The van der Waals surface area contributed by atoms with Gasteiger partial charge in [-0.3, -0.25) is 9.59 Å². The minimum atomic E-state index is -4.83. The first-order chi connectivity index (χ1) is 7.34. The van der Waals surface area contributed by atoms with Crippen LogP contribution in [0.1, 0.15) is 17.3 Å². The van der Waals surface area contributed by atoms with Crippen LogP contribution in [0.5, 0.6) is 0 Å². The van der Waals surface area contributed by atoms with Crippen LogP contribution in [0, 0.1) is 5.92 Å². The molecule has 0 saturated carbocycles. The molecular weight excluding hydrogens is 221 g/mol. The second kappa shape index (κ2) is 4.47. The molecule has 0 fully saturated rings. The van der Waals surface area contributed by atoms with Gasteiger partial charge in [0.25, 0.3) is 0 Å². The van der Waals surface area contributed by atoms with Gasteiger partial charge in [-0.25, -0.2) is 0 Å². The van der Waals surface area contributed by atoms with E-state index in [4.69, 9.17) is 0 Å². The average Bonchev–Trinajstić information content (AvgIpc) is 2.16. The first-order valence-corrected chi connectivity index (χ1v) is 4.50. The van der Waals surface area contributed by atoms with Crippen LogP contribution in [0.25, 0.3) is 0 Å². The SMILES string of the molecule is CC(=O)C(C(=O)c1ccccc1)C(F)(F)F. The van der Waals surface area contributed by atoms with E-state index in [0.29, 0.717) is 0 Å². The number of halogens is 3. The molecule has 0 aliphatic heterocycles. The van der Waals surface area contributed by atoms with Crippen molar-refractivity contribution < 1.29 is 22.8 Å². The highest BCUT2D eigenvalue weighted by molar-refractivity contribution is 6.10. The molecule has 1 rings (SSSR count). The first kappa shape index (κ1) is 12.4. The van der Waals surface area contributed by atoms with Gasteiger partial charge in [-0.15, -0.1) is 0 Å². The summed E-state index contributed by atoms with van der Waals surface area (Å²) in [6.45, 7) is 0.763. The molecule has 5 heteroatoms. The molecule has 0 spiro atoms. The average molecular weight is 230 g/mol. The minimum absolute atomic E-state index is 0.111. The number of benzene rings is 1. The highest BCUT2D eigenvalue weighted by atomic mass is 19.4. The van der Waals surface area contributed by atoms with Gasteiger partial charge in [0.15, 0.2) is 11.7 Å². The number of hydrogen-bond donors (Lipinski definition) is 0. The number of Topliss-reactive ketones (excluding diaryl/α,β-unsaturated/α-hetero) is 2. The van der Waals surface area contributed by atoms with Gasteiger partial charge in [-0.1, -0.05) is 30.3 Å². The summed E-state index contributed by atoms with van der Waals surface area (Å²) >= 11 is 0. The van der Waals surface area contributed by atoms with E-state index in [1.54, 1.807) is 6.07 Å². The van der Waals surface area contributed by atoms with E-state index in [1.807, 2.05) is 0 Å². The van der Waals surface area contributed by atoms with Gasteiger partial charge in [0.05, 0.1) is 0 Å². The van der Waals surface area contributed by atoms with Gasteiger partial charge in [0, 0.05) is 5.56 Å². The summed E-state index contributed by atoms with van der Waals surface area (Å²) in [5.74, 6) is -4.96. The van der Waals surface area contributed by atoms with E-state index in [0.717, 1.165) is 6.92 Å². The molecular formula is C11H9F3O2. The Hall–Kier alpha value is -1.65. The summed E-state index contributed by atoms with van der Waals surface area (Å²) in [5, 5.41) is 0. The van der Waals surface area contributed by atoms with Gasteiger partial charge < -0.3 is 0 Å². The smallest absolute Gasteiger partial charge is 0.299 e. The monoisotopic (exact) mass is 230 g/mol. The Morgan fingerprint density at radius 2 is 1.62 bits per heavy atom. The zero-order valence-corrected chi connectivity index (χ0v) is 8.41. The van der Waals surface area contributed by atoms with E-state index in [2.05, 4.69) is 0 Å². The first-order valence-electron chi connectivity index (χ1n) is 4.50. The molecule has 0 aromatic heterocycles. The molecule has 1 unspecified atom stereocenters. The van der Waals surface area contributed by atoms with Crippen LogP contribution in [-0.2, 0) is 4.79 Å². The summed E-state index contributed by atoms with van der Waals surface area (Å²) in [5.41, 5.74) is -0.111. The van der Waals surface area contributed by atoms with E-state index < -0.39 is 23.7 Å². The Kier molecular flexibility index (Phi) is 3.47. The predicted molar refractivity (Wildman–Crippen MR) is 51.0 cm³/mol. The third kappa shape index (κ3) is 2.68. The maximum absolute atomic E-state index is 12.5. The highest BCUT2D eigenvalue weighted by Gasteiger charge is 2.48. The zero-order chi connectivity index (χ0) is 12.3. The van der Waals surface area contributed by atoms with Gasteiger partial charge in [-0.05, 0) is 6.92 Å². The standard InChI is InChI=1S/C11H9F3O2/c1-7(15)9(11(12,13)14)10(16)8-5-3-2-4-6-8/h2-6,9H,1H3. The summed E-state index contributed by atoms with van der Waals surface area (Å²) in [6.07, 6.45) is -4.83. The molecule has 1 aromatic rings. The third-order valence-corrected chi connectivity index (χ3v) is 2.05. The molecule has 0 saturated heterocycles. The fourth-order valence-electron chi connectivity index (χ4n) is 1.33. The molecule has 0 aliphatic carbocycles. The molecule has 0 bridgehead atoms. The number of ketones is 2. The lowest BCUT2D eigenvalue weighted by Gasteiger charge is -2.16.